The number of fused-ring (bicyclic) bond motifs is 1. The predicted octanol–water partition coefficient (Wildman–Crippen LogP) is 2.42. The van der Waals surface area contributed by atoms with Gasteiger partial charge in [-0.3, -0.25) is 9.59 Å². The maximum Gasteiger partial charge on any atom is 0.299 e. The maximum absolute atomic E-state index is 13.3. The summed E-state index contributed by atoms with van der Waals surface area (Å²) in [5.41, 5.74) is 1.40. The van der Waals surface area contributed by atoms with Crippen molar-refractivity contribution in [1.29, 1.82) is 0 Å². The van der Waals surface area contributed by atoms with Gasteiger partial charge in [0.1, 0.15) is 5.82 Å². The third kappa shape index (κ3) is 2.14. The molecule has 1 aromatic carbocycles. The second kappa shape index (κ2) is 5.10. The summed E-state index contributed by atoms with van der Waals surface area (Å²) in [5.74, 6) is 0.110. The fourth-order valence-electron chi connectivity index (χ4n) is 2.12. The number of rotatable bonds is 4. The number of ketones is 1. The van der Waals surface area contributed by atoms with E-state index in [1.807, 2.05) is 6.92 Å². The lowest BCUT2D eigenvalue weighted by Gasteiger charge is -2.18. The smallest absolute Gasteiger partial charge is 0.299 e. The highest BCUT2D eigenvalue weighted by atomic mass is 32.2. The van der Waals surface area contributed by atoms with Crippen LogP contribution in [0.3, 0.4) is 0 Å². The first-order chi connectivity index (χ1) is 8.56. The second-order valence-electron chi connectivity index (χ2n) is 4.10. The van der Waals surface area contributed by atoms with Gasteiger partial charge >= 0.3 is 0 Å². The van der Waals surface area contributed by atoms with E-state index >= 15 is 0 Å². The van der Waals surface area contributed by atoms with Crippen molar-refractivity contribution in [3.8, 4) is 0 Å². The Labute approximate surface area is 109 Å². The summed E-state index contributed by atoms with van der Waals surface area (Å²) in [7, 11) is 0. The lowest BCUT2D eigenvalue weighted by atomic mass is 10.1. The van der Waals surface area contributed by atoms with E-state index in [4.69, 9.17) is 0 Å². The first kappa shape index (κ1) is 13.1. The monoisotopic (exact) mass is 267 g/mol. The quantitative estimate of drug-likeness (QED) is 0.621. The first-order valence-electron chi connectivity index (χ1n) is 5.80. The van der Waals surface area contributed by atoms with E-state index in [1.54, 1.807) is 18.7 Å². The molecule has 3 nitrogen and oxygen atoms in total. The van der Waals surface area contributed by atoms with Gasteiger partial charge in [-0.1, -0.05) is 6.92 Å². The van der Waals surface area contributed by atoms with Crippen LogP contribution in [0.2, 0.25) is 0 Å². The third-order valence-corrected chi connectivity index (χ3v) is 3.76. The lowest BCUT2D eigenvalue weighted by Crippen LogP contribution is -2.32. The molecule has 1 amide bonds. The van der Waals surface area contributed by atoms with Gasteiger partial charge in [-0.15, -0.1) is 0 Å². The molecule has 1 aliphatic heterocycles. The molecule has 0 fully saturated rings. The predicted molar refractivity (Wildman–Crippen MR) is 70.8 cm³/mol. The molecule has 1 aromatic rings. The van der Waals surface area contributed by atoms with Crippen molar-refractivity contribution in [2.75, 3.05) is 23.0 Å². The molecule has 0 spiro atoms. The van der Waals surface area contributed by atoms with Crippen molar-refractivity contribution in [1.82, 2.24) is 0 Å². The molecule has 0 saturated carbocycles. The average Bonchev–Trinajstić information content (AvgIpc) is 2.55. The molecule has 5 heteroatoms. The van der Waals surface area contributed by atoms with Crippen LogP contribution in [-0.2, 0) is 4.79 Å². The molecule has 0 radical (unpaired) electrons. The zero-order valence-corrected chi connectivity index (χ0v) is 11.1. The van der Waals surface area contributed by atoms with Gasteiger partial charge < -0.3 is 4.90 Å². The molecule has 0 unspecified atom stereocenters. The number of amides is 1. The number of hydrogen-bond acceptors (Lipinski definition) is 3. The Morgan fingerprint density at radius 2 is 2.06 bits per heavy atom. The van der Waals surface area contributed by atoms with Crippen LogP contribution in [0.15, 0.2) is 12.1 Å². The van der Waals surface area contributed by atoms with E-state index in [2.05, 4.69) is 0 Å². The number of aryl methyl sites for hydroxylation is 1. The van der Waals surface area contributed by atoms with Crippen LogP contribution in [0.25, 0.3) is 0 Å². The Morgan fingerprint density at radius 3 is 2.72 bits per heavy atom. The standard InChI is InChI=1S/C13H14FNO2S/c1-3-18-5-4-15-11-8(2)6-9(14)7-10(11)12(16)13(15)17/h6-7H,3-5H2,1-2H3. The summed E-state index contributed by atoms with van der Waals surface area (Å²) in [6, 6.07) is 2.50. The summed E-state index contributed by atoms with van der Waals surface area (Å²) < 4.78 is 13.3. The van der Waals surface area contributed by atoms with Crippen LogP contribution in [0.1, 0.15) is 22.8 Å². The molecule has 0 atom stereocenters. The summed E-state index contributed by atoms with van der Waals surface area (Å²) >= 11 is 1.70. The normalized spacial score (nSPS) is 14.3. The number of thioether (sulfide) groups is 1. The highest BCUT2D eigenvalue weighted by molar-refractivity contribution is 7.99. The minimum atomic E-state index is -0.603. The summed E-state index contributed by atoms with van der Waals surface area (Å²) in [4.78, 5) is 25.1. The Morgan fingerprint density at radius 1 is 1.33 bits per heavy atom. The number of halogens is 1. The fourth-order valence-corrected chi connectivity index (χ4v) is 2.72. The van der Waals surface area contributed by atoms with Crippen LogP contribution in [0.5, 0.6) is 0 Å². The van der Waals surface area contributed by atoms with E-state index in [-0.39, 0.29) is 5.56 Å². The van der Waals surface area contributed by atoms with E-state index in [0.717, 1.165) is 17.6 Å². The topological polar surface area (TPSA) is 37.4 Å². The fraction of sp³-hybridized carbons (Fsp3) is 0.385. The molecule has 0 aromatic heterocycles. The van der Waals surface area contributed by atoms with Crippen molar-refractivity contribution in [2.24, 2.45) is 0 Å². The minimum Gasteiger partial charge on any atom is -0.304 e. The molecule has 2 rings (SSSR count). The van der Waals surface area contributed by atoms with Gasteiger partial charge in [0.15, 0.2) is 0 Å². The van der Waals surface area contributed by atoms with Gasteiger partial charge in [0.2, 0.25) is 0 Å². The molecular weight excluding hydrogens is 253 g/mol. The molecule has 18 heavy (non-hydrogen) atoms. The van der Waals surface area contributed by atoms with Crippen LogP contribution in [-0.4, -0.2) is 29.7 Å². The Balaban J connectivity index is 2.36. The Kier molecular flexibility index (Phi) is 3.71. The Hall–Kier alpha value is -1.36. The number of anilines is 1. The highest BCUT2D eigenvalue weighted by Crippen LogP contribution is 2.33. The third-order valence-electron chi connectivity index (χ3n) is 2.88. The van der Waals surface area contributed by atoms with Crippen LogP contribution >= 0.6 is 11.8 Å². The first-order valence-corrected chi connectivity index (χ1v) is 6.95. The molecule has 0 bridgehead atoms. The largest absolute Gasteiger partial charge is 0.304 e. The number of Topliss-reactive ketones (excluding diaryl/α,β-unsaturated/α-hetero) is 1. The van der Waals surface area contributed by atoms with Gasteiger partial charge in [-0.25, -0.2) is 4.39 Å². The summed E-state index contributed by atoms with van der Waals surface area (Å²) in [6.07, 6.45) is 0. The Bertz CT molecular complexity index is 516. The lowest BCUT2D eigenvalue weighted by molar-refractivity contribution is -0.114. The van der Waals surface area contributed by atoms with Crippen molar-refractivity contribution in [3.05, 3.63) is 29.1 Å². The SMILES string of the molecule is CCSCCN1C(=O)C(=O)c2cc(F)cc(C)c21. The van der Waals surface area contributed by atoms with Gasteiger partial charge in [-0.05, 0) is 30.4 Å². The van der Waals surface area contributed by atoms with Crippen LogP contribution < -0.4 is 4.90 Å². The van der Waals surface area contributed by atoms with E-state index in [0.29, 0.717) is 17.8 Å². The molecule has 1 aliphatic rings. The van der Waals surface area contributed by atoms with Gasteiger partial charge in [0, 0.05) is 12.3 Å². The van der Waals surface area contributed by atoms with Crippen LogP contribution in [0.4, 0.5) is 10.1 Å². The molecule has 0 N–H and O–H groups in total. The van der Waals surface area contributed by atoms with E-state index in [9.17, 15) is 14.0 Å². The molecule has 0 saturated heterocycles. The van der Waals surface area contributed by atoms with Gasteiger partial charge in [-0.2, -0.15) is 11.8 Å². The van der Waals surface area contributed by atoms with Gasteiger partial charge in [0.05, 0.1) is 11.3 Å². The van der Waals surface area contributed by atoms with Crippen LogP contribution in [0, 0.1) is 12.7 Å². The zero-order chi connectivity index (χ0) is 13.3. The second-order valence-corrected chi connectivity index (χ2v) is 5.50. The van der Waals surface area contributed by atoms with Crippen molar-refractivity contribution < 1.29 is 14.0 Å². The number of nitrogens with zero attached hydrogens (tertiary/aromatic N) is 1. The zero-order valence-electron chi connectivity index (χ0n) is 10.3. The molecular formula is C13H14FNO2S. The van der Waals surface area contributed by atoms with Crippen molar-refractivity contribution in [3.63, 3.8) is 0 Å². The maximum atomic E-state index is 13.3. The summed E-state index contributed by atoms with van der Waals surface area (Å²) in [6.45, 7) is 4.24. The molecule has 96 valence electrons. The number of carbonyl (C=O) groups is 2. The molecule has 1 heterocycles. The number of carbonyl (C=O) groups excluding carboxylic acids is 2. The minimum absolute atomic E-state index is 0.194. The number of hydrogen-bond donors (Lipinski definition) is 0. The van der Waals surface area contributed by atoms with Crippen molar-refractivity contribution >= 4 is 29.1 Å². The van der Waals surface area contributed by atoms with Crippen molar-refractivity contribution in [2.45, 2.75) is 13.8 Å². The number of benzene rings is 1. The van der Waals surface area contributed by atoms with E-state index in [1.165, 1.54) is 11.0 Å². The molecule has 0 aliphatic carbocycles. The van der Waals surface area contributed by atoms with E-state index < -0.39 is 17.5 Å². The van der Waals surface area contributed by atoms with Gasteiger partial charge in [0.25, 0.3) is 11.7 Å². The summed E-state index contributed by atoms with van der Waals surface area (Å²) in [5, 5.41) is 0. The average molecular weight is 267 g/mol. The highest BCUT2D eigenvalue weighted by Gasteiger charge is 2.36.